The van der Waals surface area contributed by atoms with Crippen LogP contribution >= 0.6 is 11.6 Å². The number of halogens is 1. The van der Waals surface area contributed by atoms with Gasteiger partial charge in [0, 0.05) is 5.56 Å². The molecule has 1 aromatic rings. The highest BCUT2D eigenvalue weighted by atomic mass is 35.5. The number of rotatable bonds is 1. The van der Waals surface area contributed by atoms with E-state index in [9.17, 15) is 14.4 Å². The maximum absolute atomic E-state index is 12.3. The monoisotopic (exact) mass is 281 g/mol. The Labute approximate surface area is 114 Å². The van der Waals surface area contributed by atoms with Crippen LogP contribution in [0.3, 0.4) is 0 Å². The van der Waals surface area contributed by atoms with E-state index in [2.05, 4.69) is 5.32 Å². The number of nitrogen functional groups attached to an aromatic ring is 1. The van der Waals surface area contributed by atoms with E-state index < -0.39 is 23.8 Å². The molecule has 1 aliphatic rings. The van der Waals surface area contributed by atoms with E-state index in [-0.39, 0.29) is 17.8 Å². The summed E-state index contributed by atoms with van der Waals surface area (Å²) in [4.78, 5) is 36.3. The topological polar surface area (TPSA) is 92.5 Å². The molecule has 6 nitrogen and oxygen atoms in total. The number of carbonyl (C=O) groups is 3. The molecular formula is C12H12ClN3O3. The van der Waals surface area contributed by atoms with Gasteiger partial charge < -0.3 is 10.6 Å². The van der Waals surface area contributed by atoms with Crippen LogP contribution in [0.25, 0.3) is 0 Å². The van der Waals surface area contributed by atoms with Gasteiger partial charge in [0.25, 0.3) is 5.91 Å². The molecule has 1 aromatic carbocycles. The molecule has 0 spiro atoms. The van der Waals surface area contributed by atoms with Gasteiger partial charge in [-0.1, -0.05) is 11.6 Å². The van der Waals surface area contributed by atoms with Crippen LogP contribution < -0.4 is 11.1 Å². The van der Waals surface area contributed by atoms with E-state index in [1.807, 2.05) is 0 Å². The number of imide groups is 1. The molecule has 3 amide bonds. The van der Waals surface area contributed by atoms with Crippen molar-refractivity contribution in [3.8, 4) is 0 Å². The summed E-state index contributed by atoms with van der Waals surface area (Å²) in [6, 6.07) is 3.72. The van der Waals surface area contributed by atoms with Crippen LogP contribution in [0.15, 0.2) is 18.2 Å². The maximum atomic E-state index is 12.3. The highest BCUT2D eigenvalue weighted by Crippen LogP contribution is 2.21. The van der Waals surface area contributed by atoms with Gasteiger partial charge in [0.15, 0.2) is 0 Å². The fraction of sp³-hybridized carbons (Fsp3) is 0.250. The zero-order chi connectivity index (χ0) is 14.2. The second kappa shape index (κ2) is 4.89. The van der Waals surface area contributed by atoms with Gasteiger partial charge in [-0.3, -0.25) is 19.7 Å². The van der Waals surface area contributed by atoms with E-state index in [4.69, 9.17) is 17.3 Å². The number of hydrogen-bond acceptors (Lipinski definition) is 4. The molecule has 7 heteroatoms. The molecule has 100 valence electrons. The predicted octanol–water partition coefficient (Wildman–Crippen LogP) is 0.409. The van der Waals surface area contributed by atoms with Crippen molar-refractivity contribution in [1.29, 1.82) is 0 Å². The molecule has 1 heterocycles. The Hall–Kier alpha value is -2.08. The van der Waals surface area contributed by atoms with Crippen molar-refractivity contribution in [3.05, 3.63) is 28.8 Å². The summed E-state index contributed by atoms with van der Waals surface area (Å²) in [5.41, 5.74) is 6.19. The number of nitrogens with one attached hydrogen (secondary N) is 1. The Bertz CT molecular complexity index is 573. The molecule has 0 aromatic heterocycles. The third kappa shape index (κ3) is 2.53. The lowest BCUT2D eigenvalue weighted by molar-refractivity contribution is -0.138. The summed E-state index contributed by atoms with van der Waals surface area (Å²) in [5, 5.41) is 2.51. The van der Waals surface area contributed by atoms with Gasteiger partial charge in [-0.15, -0.1) is 0 Å². The van der Waals surface area contributed by atoms with Gasteiger partial charge >= 0.3 is 0 Å². The molecule has 1 fully saturated rings. The molecule has 1 saturated heterocycles. The number of hydrogen-bond donors (Lipinski definition) is 2. The summed E-state index contributed by atoms with van der Waals surface area (Å²) in [5.74, 6) is -1.43. The second-order valence-corrected chi connectivity index (χ2v) is 4.66. The zero-order valence-electron chi connectivity index (χ0n) is 10.1. The Morgan fingerprint density at radius 3 is 2.79 bits per heavy atom. The Kier molecular flexibility index (Phi) is 3.44. The summed E-state index contributed by atoms with van der Waals surface area (Å²) in [7, 11) is 0. The van der Waals surface area contributed by atoms with Crippen LogP contribution in [-0.4, -0.2) is 35.2 Å². The lowest BCUT2D eigenvalue weighted by Gasteiger charge is -2.31. The SMILES string of the molecule is CC1C(=O)NC(=O)CN1C(=O)c1ccc(Cl)c(N)c1. The largest absolute Gasteiger partial charge is 0.398 e. The van der Waals surface area contributed by atoms with Crippen molar-refractivity contribution in [1.82, 2.24) is 10.2 Å². The lowest BCUT2D eigenvalue weighted by Crippen LogP contribution is -2.58. The average Bonchev–Trinajstić information content (AvgIpc) is 2.36. The second-order valence-electron chi connectivity index (χ2n) is 4.26. The Morgan fingerprint density at radius 2 is 2.16 bits per heavy atom. The van der Waals surface area contributed by atoms with Gasteiger partial charge in [-0.2, -0.15) is 0 Å². The number of nitrogens with zero attached hydrogens (tertiary/aromatic N) is 1. The van der Waals surface area contributed by atoms with Gasteiger partial charge in [0.2, 0.25) is 11.8 Å². The first kappa shape index (κ1) is 13.4. The minimum absolute atomic E-state index is 0.158. The molecule has 0 saturated carbocycles. The van der Waals surface area contributed by atoms with E-state index >= 15 is 0 Å². The molecular weight excluding hydrogens is 270 g/mol. The van der Waals surface area contributed by atoms with Gasteiger partial charge in [0.05, 0.1) is 10.7 Å². The maximum Gasteiger partial charge on any atom is 0.255 e. The standard InChI is InChI=1S/C12H12ClN3O3/c1-6-11(18)15-10(17)5-16(6)12(19)7-2-3-8(13)9(14)4-7/h2-4,6H,5,14H2,1H3,(H,15,17,18). The van der Waals surface area contributed by atoms with Gasteiger partial charge in [-0.05, 0) is 25.1 Å². The molecule has 0 aliphatic carbocycles. The van der Waals surface area contributed by atoms with Crippen LogP contribution in [0.4, 0.5) is 5.69 Å². The quantitative estimate of drug-likeness (QED) is 0.576. The van der Waals surface area contributed by atoms with E-state index in [0.29, 0.717) is 5.02 Å². The molecule has 0 bridgehead atoms. The number of anilines is 1. The highest BCUT2D eigenvalue weighted by molar-refractivity contribution is 6.33. The zero-order valence-corrected chi connectivity index (χ0v) is 10.9. The van der Waals surface area contributed by atoms with Crippen molar-refractivity contribution in [2.45, 2.75) is 13.0 Å². The van der Waals surface area contributed by atoms with E-state index in [1.54, 1.807) is 6.92 Å². The van der Waals surface area contributed by atoms with E-state index in [0.717, 1.165) is 0 Å². The van der Waals surface area contributed by atoms with Gasteiger partial charge in [0.1, 0.15) is 12.6 Å². The Balaban J connectivity index is 2.29. The third-order valence-corrected chi connectivity index (χ3v) is 3.27. The van der Waals surface area contributed by atoms with Crippen molar-refractivity contribution < 1.29 is 14.4 Å². The minimum atomic E-state index is -0.706. The summed E-state index contributed by atoms with van der Waals surface area (Å²) < 4.78 is 0. The van der Waals surface area contributed by atoms with Crippen molar-refractivity contribution in [2.75, 3.05) is 12.3 Å². The molecule has 3 N–H and O–H groups in total. The number of nitrogens with two attached hydrogens (primary N) is 1. The first-order chi connectivity index (χ1) is 8.90. The minimum Gasteiger partial charge on any atom is -0.398 e. The first-order valence-electron chi connectivity index (χ1n) is 5.60. The van der Waals surface area contributed by atoms with Crippen LogP contribution in [0.1, 0.15) is 17.3 Å². The fourth-order valence-corrected chi connectivity index (χ4v) is 1.92. The van der Waals surface area contributed by atoms with Gasteiger partial charge in [-0.25, -0.2) is 0 Å². The first-order valence-corrected chi connectivity index (χ1v) is 5.97. The summed E-state index contributed by atoms with van der Waals surface area (Å²) >= 11 is 5.78. The predicted molar refractivity (Wildman–Crippen MR) is 69.5 cm³/mol. The van der Waals surface area contributed by atoms with Crippen LogP contribution in [0, 0.1) is 0 Å². The number of amides is 3. The smallest absolute Gasteiger partial charge is 0.255 e. The molecule has 1 unspecified atom stereocenters. The summed E-state index contributed by atoms with van der Waals surface area (Å²) in [6.07, 6.45) is 0. The average molecular weight is 282 g/mol. The molecule has 1 atom stereocenters. The Morgan fingerprint density at radius 1 is 1.47 bits per heavy atom. The van der Waals surface area contributed by atoms with Crippen LogP contribution in [0.5, 0.6) is 0 Å². The molecule has 1 aliphatic heterocycles. The van der Waals surface area contributed by atoms with Crippen molar-refractivity contribution in [3.63, 3.8) is 0 Å². The van der Waals surface area contributed by atoms with Crippen LogP contribution in [0.2, 0.25) is 5.02 Å². The third-order valence-electron chi connectivity index (χ3n) is 2.93. The summed E-state index contributed by atoms with van der Waals surface area (Å²) in [6.45, 7) is 1.40. The van der Waals surface area contributed by atoms with Crippen molar-refractivity contribution >= 4 is 35.0 Å². The van der Waals surface area contributed by atoms with E-state index in [1.165, 1.54) is 23.1 Å². The molecule has 19 heavy (non-hydrogen) atoms. The highest BCUT2D eigenvalue weighted by Gasteiger charge is 2.33. The number of piperazine rings is 1. The van der Waals surface area contributed by atoms with Crippen LogP contribution in [-0.2, 0) is 9.59 Å². The number of carbonyl (C=O) groups excluding carboxylic acids is 3. The van der Waals surface area contributed by atoms with Crippen molar-refractivity contribution in [2.24, 2.45) is 0 Å². The normalized spacial score (nSPS) is 19.3. The molecule has 2 rings (SSSR count). The lowest BCUT2D eigenvalue weighted by atomic mass is 10.1. The molecule has 0 radical (unpaired) electrons. The fourth-order valence-electron chi connectivity index (χ4n) is 1.80. The number of benzene rings is 1.